The third-order valence-corrected chi connectivity index (χ3v) is 2.38. The summed E-state index contributed by atoms with van der Waals surface area (Å²) in [6.45, 7) is 8.69. The van der Waals surface area contributed by atoms with Crippen molar-refractivity contribution in [3.05, 3.63) is 25.2 Å². The van der Waals surface area contributed by atoms with E-state index in [1.165, 1.54) is 0 Å². The second kappa shape index (κ2) is 11.5. The van der Waals surface area contributed by atoms with Gasteiger partial charge in [-0.15, -0.1) is 17.0 Å². The van der Waals surface area contributed by atoms with Crippen molar-refractivity contribution in [2.45, 2.75) is 0 Å². The van der Waals surface area contributed by atoms with Crippen LogP contribution in [0, 0.1) is 0 Å². The van der Waals surface area contributed by atoms with Gasteiger partial charge in [-0.2, -0.15) is 0 Å². The predicted octanol–water partition coefficient (Wildman–Crippen LogP) is 1.43. The maximum absolute atomic E-state index is 5.46. The molecule has 0 bridgehead atoms. The number of nitrogens with zero attached hydrogens (tertiary/aromatic N) is 2. The number of ether oxygens (including phenoxy) is 3. The molecule has 0 aliphatic carbocycles. The molecule has 1 aliphatic heterocycles. The van der Waals surface area contributed by atoms with Crippen LogP contribution in [0.25, 0.3) is 0 Å². The van der Waals surface area contributed by atoms with E-state index in [1.54, 1.807) is 13.3 Å². The molecule has 1 heterocycles. The predicted molar refractivity (Wildman–Crippen MR) is 76.6 cm³/mol. The summed E-state index contributed by atoms with van der Waals surface area (Å²) in [5, 5.41) is 0. The monoisotopic (exact) mass is 322 g/mol. The fourth-order valence-corrected chi connectivity index (χ4v) is 1.39. The molecule has 1 aliphatic rings. The number of hydrogen-bond acceptors (Lipinski definition) is 5. The summed E-state index contributed by atoms with van der Waals surface area (Å²) in [5.74, 6) is 0. The van der Waals surface area contributed by atoms with Crippen LogP contribution in [0.5, 0.6) is 0 Å². The van der Waals surface area contributed by atoms with Gasteiger partial charge in [0, 0.05) is 26.1 Å². The van der Waals surface area contributed by atoms with E-state index in [9.17, 15) is 0 Å². The quantitative estimate of drug-likeness (QED) is 0.568. The molecule has 18 heavy (non-hydrogen) atoms. The summed E-state index contributed by atoms with van der Waals surface area (Å²) < 4.78 is 15.6. The van der Waals surface area contributed by atoms with Crippen molar-refractivity contribution in [3.63, 3.8) is 0 Å². The average molecular weight is 323 g/mol. The van der Waals surface area contributed by atoms with Gasteiger partial charge in [-0.3, -0.25) is 0 Å². The van der Waals surface area contributed by atoms with Crippen LogP contribution in [0.15, 0.2) is 25.2 Å². The van der Waals surface area contributed by atoms with E-state index in [4.69, 9.17) is 14.2 Å². The third kappa shape index (κ3) is 7.71. The van der Waals surface area contributed by atoms with Crippen molar-refractivity contribution in [1.82, 2.24) is 9.80 Å². The number of rotatable bonds is 10. The van der Waals surface area contributed by atoms with Gasteiger partial charge in [-0.25, -0.2) is 0 Å². The van der Waals surface area contributed by atoms with Crippen molar-refractivity contribution in [3.8, 4) is 0 Å². The number of methoxy groups -OCH3 is 1. The molecule has 0 aromatic heterocycles. The number of hydrogen-bond donors (Lipinski definition) is 0. The van der Waals surface area contributed by atoms with Gasteiger partial charge in [-0.1, -0.05) is 6.58 Å². The lowest BCUT2D eigenvalue weighted by Crippen LogP contribution is -2.25. The maximum atomic E-state index is 5.46. The molecule has 6 heteroatoms. The Morgan fingerprint density at radius 2 is 1.78 bits per heavy atom. The van der Waals surface area contributed by atoms with Crippen LogP contribution < -0.4 is 0 Å². The minimum absolute atomic E-state index is 0. The van der Waals surface area contributed by atoms with E-state index in [0.717, 1.165) is 13.2 Å². The molecule has 106 valence electrons. The summed E-state index contributed by atoms with van der Waals surface area (Å²) in [5.41, 5.74) is 0. The molecule has 5 nitrogen and oxygen atoms in total. The molecule has 0 fully saturated rings. The molecule has 0 N–H and O–H groups in total. The van der Waals surface area contributed by atoms with E-state index in [1.807, 2.05) is 17.3 Å². The van der Waals surface area contributed by atoms with E-state index in [2.05, 4.69) is 11.5 Å². The van der Waals surface area contributed by atoms with Crippen LogP contribution in [0.3, 0.4) is 0 Å². The Bertz CT molecular complexity index is 239. The minimum atomic E-state index is 0. The van der Waals surface area contributed by atoms with Crippen LogP contribution >= 0.6 is 17.0 Å². The van der Waals surface area contributed by atoms with E-state index in [0.29, 0.717) is 33.0 Å². The van der Waals surface area contributed by atoms with Gasteiger partial charge < -0.3 is 24.0 Å². The van der Waals surface area contributed by atoms with Crippen molar-refractivity contribution >= 4 is 17.0 Å². The summed E-state index contributed by atoms with van der Waals surface area (Å²) >= 11 is 0. The first-order chi connectivity index (χ1) is 8.36. The first-order valence-electron chi connectivity index (χ1n) is 5.82. The van der Waals surface area contributed by atoms with Crippen molar-refractivity contribution in [1.29, 1.82) is 0 Å². The van der Waals surface area contributed by atoms with Gasteiger partial charge in [0.1, 0.15) is 0 Å². The van der Waals surface area contributed by atoms with Crippen LogP contribution in [0.2, 0.25) is 0 Å². The standard InChI is InChI=1S/C12H22N2O3.BrH/c1-3-13-4-5-14(12-13)6-7-16-10-11-17-9-8-15-2;/h3-5H,1,6-12H2,2H3;1H. The minimum Gasteiger partial charge on any atom is -0.382 e. The molecule has 0 aromatic rings. The first kappa shape index (κ1) is 17.4. The fraction of sp³-hybridized carbons (Fsp3) is 0.667. The fourth-order valence-electron chi connectivity index (χ4n) is 1.39. The van der Waals surface area contributed by atoms with Gasteiger partial charge in [0.2, 0.25) is 0 Å². The molecule has 0 spiro atoms. The zero-order valence-electron chi connectivity index (χ0n) is 10.9. The van der Waals surface area contributed by atoms with Crippen LogP contribution in [0.1, 0.15) is 0 Å². The molecule has 0 amide bonds. The SMILES string of the molecule is Br.C=CN1C=CN(CCOCCOCCOC)C1. The summed E-state index contributed by atoms with van der Waals surface area (Å²) in [6, 6.07) is 0. The highest BCUT2D eigenvalue weighted by molar-refractivity contribution is 8.93. The Kier molecular flexibility index (Phi) is 11.2. The molecule has 1 rings (SSSR count). The Balaban J connectivity index is 0.00000289. The van der Waals surface area contributed by atoms with E-state index >= 15 is 0 Å². The van der Waals surface area contributed by atoms with E-state index in [-0.39, 0.29) is 17.0 Å². The van der Waals surface area contributed by atoms with Crippen molar-refractivity contribution < 1.29 is 14.2 Å². The summed E-state index contributed by atoms with van der Waals surface area (Å²) in [4.78, 5) is 4.20. The zero-order chi connectivity index (χ0) is 12.3. The van der Waals surface area contributed by atoms with Gasteiger partial charge in [0.25, 0.3) is 0 Å². The Hall–Kier alpha value is -0.560. The summed E-state index contributed by atoms with van der Waals surface area (Å²) in [6.07, 6.45) is 5.85. The van der Waals surface area contributed by atoms with Crippen LogP contribution in [-0.4, -0.2) is 63.2 Å². The van der Waals surface area contributed by atoms with Gasteiger partial charge in [0.05, 0.1) is 39.7 Å². The lowest BCUT2D eigenvalue weighted by atomic mass is 10.6. The molecule has 0 atom stereocenters. The molecule has 0 radical (unpaired) electrons. The van der Waals surface area contributed by atoms with Crippen LogP contribution in [0.4, 0.5) is 0 Å². The van der Waals surface area contributed by atoms with Gasteiger partial charge >= 0.3 is 0 Å². The molecule has 0 saturated carbocycles. The van der Waals surface area contributed by atoms with Gasteiger partial charge in [0.15, 0.2) is 0 Å². The lowest BCUT2D eigenvalue weighted by Gasteiger charge is -2.18. The van der Waals surface area contributed by atoms with E-state index < -0.39 is 0 Å². The molecule has 0 unspecified atom stereocenters. The zero-order valence-corrected chi connectivity index (χ0v) is 12.6. The third-order valence-electron chi connectivity index (χ3n) is 2.38. The molecular weight excluding hydrogens is 300 g/mol. The second-order valence-electron chi connectivity index (χ2n) is 3.67. The first-order valence-corrected chi connectivity index (χ1v) is 5.82. The highest BCUT2D eigenvalue weighted by Gasteiger charge is 2.08. The molecule has 0 aromatic carbocycles. The molecule has 0 saturated heterocycles. The number of halogens is 1. The topological polar surface area (TPSA) is 34.2 Å². The highest BCUT2D eigenvalue weighted by Crippen LogP contribution is 2.05. The van der Waals surface area contributed by atoms with Crippen LogP contribution in [-0.2, 0) is 14.2 Å². The molecular formula is C12H23BrN2O3. The van der Waals surface area contributed by atoms with Crippen molar-refractivity contribution in [2.24, 2.45) is 0 Å². The Labute approximate surface area is 120 Å². The summed E-state index contributed by atoms with van der Waals surface area (Å²) in [7, 11) is 1.66. The Morgan fingerprint density at radius 1 is 1.11 bits per heavy atom. The average Bonchev–Trinajstić information content (AvgIpc) is 2.80. The smallest absolute Gasteiger partial charge is 0.0936 e. The largest absolute Gasteiger partial charge is 0.382 e. The van der Waals surface area contributed by atoms with Gasteiger partial charge in [-0.05, 0) is 6.20 Å². The highest BCUT2D eigenvalue weighted by atomic mass is 79.9. The maximum Gasteiger partial charge on any atom is 0.0936 e. The Morgan fingerprint density at radius 3 is 2.39 bits per heavy atom. The van der Waals surface area contributed by atoms with Crippen molar-refractivity contribution in [2.75, 3.05) is 53.4 Å². The lowest BCUT2D eigenvalue weighted by molar-refractivity contribution is 0.0214. The normalized spacial score (nSPS) is 13.8. The second-order valence-corrected chi connectivity index (χ2v) is 3.67.